The molecule has 0 aromatic heterocycles. The number of carbonyl (C=O) groups excluding carboxylic acids is 1. The third kappa shape index (κ3) is 2.26. The van der Waals surface area contributed by atoms with Gasteiger partial charge in [0.1, 0.15) is 6.10 Å². The Balaban J connectivity index is 2.38. The molecule has 1 saturated carbocycles. The maximum absolute atomic E-state index is 12.0. The van der Waals surface area contributed by atoms with Gasteiger partial charge in [-0.25, -0.2) is 0 Å². The van der Waals surface area contributed by atoms with Crippen LogP contribution >= 0.6 is 0 Å². The Bertz CT molecular complexity index is 141. The quantitative estimate of drug-likeness (QED) is 0.620. The highest BCUT2D eigenvalue weighted by atomic mass is 19.1. The van der Waals surface area contributed by atoms with Gasteiger partial charge >= 0.3 is 6.04 Å². The normalized spacial score (nSPS) is 23.1. The fraction of sp³-hybridized carbons (Fsp3) is 0.875. The summed E-state index contributed by atoms with van der Waals surface area (Å²) in [4.78, 5) is 10.1. The van der Waals surface area contributed by atoms with Crippen LogP contribution in [0.1, 0.15) is 32.1 Å². The van der Waals surface area contributed by atoms with E-state index in [1.54, 1.807) is 0 Å². The molecule has 1 N–H and O–H groups in total. The summed E-state index contributed by atoms with van der Waals surface area (Å²) in [5, 5.41) is 9.03. The highest BCUT2D eigenvalue weighted by molar-refractivity contribution is 5.73. The monoisotopic (exact) mass is 160 g/mol. The molecule has 1 fully saturated rings. The van der Waals surface area contributed by atoms with Crippen LogP contribution in [-0.2, 0) is 4.79 Å². The Morgan fingerprint density at radius 1 is 1.36 bits per heavy atom. The molecule has 1 aliphatic rings. The van der Waals surface area contributed by atoms with E-state index in [2.05, 4.69) is 0 Å². The number of rotatable bonds is 2. The first-order valence-electron chi connectivity index (χ1n) is 4.09. The summed E-state index contributed by atoms with van der Waals surface area (Å²) in [5.41, 5.74) is 0. The van der Waals surface area contributed by atoms with E-state index in [1.165, 1.54) is 0 Å². The van der Waals surface area contributed by atoms with Gasteiger partial charge in [-0.2, -0.15) is 4.39 Å². The number of aliphatic hydroxyl groups is 1. The number of hydrogen-bond acceptors (Lipinski definition) is 2. The van der Waals surface area contributed by atoms with E-state index in [-0.39, 0.29) is 5.92 Å². The van der Waals surface area contributed by atoms with Crippen molar-refractivity contribution in [2.45, 2.75) is 38.2 Å². The molecular weight excluding hydrogens is 147 g/mol. The third-order valence-electron chi connectivity index (χ3n) is 2.33. The van der Waals surface area contributed by atoms with Gasteiger partial charge in [-0.3, -0.25) is 4.79 Å². The largest absolute Gasteiger partial charge is 0.382 e. The lowest BCUT2D eigenvalue weighted by Gasteiger charge is -2.23. The van der Waals surface area contributed by atoms with Crippen molar-refractivity contribution >= 4 is 6.04 Å². The summed E-state index contributed by atoms with van der Waals surface area (Å²) in [6.07, 6.45) is 3.39. The number of hydrogen-bond donors (Lipinski definition) is 1. The fourth-order valence-electron chi connectivity index (χ4n) is 1.64. The van der Waals surface area contributed by atoms with Gasteiger partial charge in [-0.05, 0) is 18.8 Å². The van der Waals surface area contributed by atoms with E-state index in [4.69, 9.17) is 5.11 Å². The Hall–Kier alpha value is -0.440. The summed E-state index contributed by atoms with van der Waals surface area (Å²) in [7, 11) is 0. The first kappa shape index (κ1) is 8.65. The van der Waals surface area contributed by atoms with Crippen molar-refractivity contribution in [2.24, 2.45) is 5.92 Å². The van der Waals surface area contributed by atoms with Gasteiger partial charge in [0, 0.05) is 0 Å². The van der Waals surface area contributed by atoms with Crippen molar-refractivity contribution in [3.05, 3.63) is 0 Å². The smallest absolute Gasteiger partial charge is 0.329 e. The SMILES string of the molecule is O=C(F)C(O)C1CCCCC1. The van der Waals surface area contributed by atoms with Gasteiger partial charge in [0.15, 0.2) is 0 Å². The highest BCUT2D eigenvalue weighted by Crippen LogP contribution is 2.26. The molecule has 0 aliphatic heterocycles. The molecule has 0 aromatic carbocycles. The molecule has 0 heterocycles. The molecule has 1 atom stereocenters. The van der Waals surface area contributed by atoms with Gasteiger partial charge in [-0.1, -0.05) is 19.3 Å². The molecule has 0 bridgehead atoms. The van der Waals surface area contributed by atoms with Crippen LogP contribution in [0.15, 0.2) is 0 Å². The standard InChI is InChI=1S/C8H13FO2/c9-8(11)7(10)6-4-2-1-3-5-6/h6-7,10H,1-5H2. The second kappa shape index (κ2) is 3.81. The number of aliphatic hydroxyl groups excluding tert-OH is 1. The topological polar surface area (TPSA) is 37.3 Å². The Morgan fingerprint density at radius 2 is 1.91 bits per heavy atom. The molecule has 1 unspecified atom stereocenters. The molecule has 11 heavy (non-hydrogen) atoms. The zero-order valence-corrected chi connectivity index (χ0v) is 6.42. The van der Waals surface area contributed by atoms with Crippen molar-refractivity contribution in [3.8, 4) is 0 Å². The minimum Gasteiger partial charge on any atom is -0.382 e. The maximum Gasteiger partial charge on any atom is 0.329 e. The zero-order valence-electron chi connectivity index (χ0n) is 6.42. The lowest BCUT2D eigenvalue weighted by atomic mass is 9.85. The maximum atomic E-state index is 12.0. The average Bonchev–Trinajstić information content (AvgIpc) is 2.05. The molecule has 1 rings (SSSR count). The molecule has 0 amide bonds. The minimum atomic E-state index is -1.57. The predicted octanol–water partition coefficient (Wildman–Crippen LogP) is 1.42. The van der Waals surface area contributed by atoms with Crippen molar-refractivity contribution in [3.63, 3.8) is 0 Å². The van der Waals surface area contributed by atoms with Gasteiger partial charge < -0.3 is 5.11 Å². The molecular formula is C8H13FO2. The van der Waals surface area contributed by atoms with E-state index in [0.29, 0.717) is 0 Å². The molecule has 0 saturated heterocycles. The first-order chi connectivity index (χ1) is 5.22. The second-order valence-corrected chi connectivity index (χ2v) is 3.15. The number of halogens is 1. The van der Waals surface area contributed by atoms with E-state index in [0.717, 1.165) is 32.1 Å². The molecule has 0 aromatic rings. The zero-order chi connectivity index (χ0) is 8.27. The molecule has 0 spiro atoms. The summed E-state index contributed by atoms with van der Waals surface area (Å²) < 4.78 is 12.0. The summed E-state index contributed by atoms with van der Waals surface area (Å²) >= 11 is 0. The van der Waals surface area contributed by atoms with Crippen molar-refractivity contribution in [1.82, 2.24) is 0 Å². The van der Waals surface area contributed by atoms with Crippen LogP contribution in [0.4, 0.5) is 4.39 Å². The Morgan fingerprint density at radius 3 is 2.36 bits per heavy atom. The van der Waals surface area contributed by atoms with Crippen molar-refractivity contribution < 1.29 is 14.3 Å². The van der Waals surface area contributed by atoms with E-state index in [9.17, 15) is 9.18 Å². The van der Waals surface area contributed by atoms with Crippen LogP contribution in [0, 0.1) is 5.92 Å². The van der Waals surface area contributed by atoms with Gasteiger partial charge in [0.25, 0.3) is 0 Å². The van der Waals surface area contributed by atoms with Crippen LogP contribution in [0.2, 0.25) is 0 Å². The van der Waals surface area contributed by atoms with Gasteiger partial charge in [0.05, 0.1) is 0 Å². The molecule has 64 valence electrons. The van der Waals surface area contributed by atoms with Crippen LogP contribution in [0.5, 0.6) is 0 Å². The lowest BCUT2D eigenvalue weighted by molar-refractivity contribution is -0.141. The second-order valence-electron chi connectivity index (χ2n) is 3.15. The number of carbonyl (C=O) groups is 1. The summed E-state index contributed by atoms with van der Waals surface area (Å²) in [5.74, 6) is -0.124. The predicted molar refractivity (Wildman–Crippen MR) is 38.7 cm³/mol. The lowest BCUT2D eigenvalue weighted by Crippen LogP contribution is -2.28. The molecule has 2 nitrogen and oxygen atoms in total. The fourth-order valence-corrected chi connectivity index (χ4v) is 1.64. The Kier molecular flexibility index (Phi) is 3.00. The van der Waals surface area contributed by atoms with Crippen molar-refractivity contribution in [2.75, 3.05) is 0 Å². The van der Waals surface area contributed by atoms with Crippen LogP contribution in [0.3, 0.4) is 0 Å². The Labute approximate surface area is 65.4 Å². The summed E-state index contributed by atoms with van der Waals surface area (Å²) in [6, 6.07) is -1.57. The van der Waals surface area contributed by atoms with Crippen LogP contribution in [0.25, 0.3) is 0 Å². The van der Waals surface area contributed by atoms with E-state index >= 15 is 0 Å². The first-order valence-corrected chi connectivity index (χ1v) is 4.09. The third-order valence-corrected chi connectivity index (χ3v) is 2.33. The molecule has 3 heteroatoms. The molecule has 1 aliphatic carbocycles. The van der Waals surface area contributed by atoms with Crippen molar-refractivity contribution in [1.29, 1.82) is 0 Å². The molecule has 0 radical (unpaired) electrons. The minimum absolute atomic E-state index is 0.124. The van der Waals surface area contributed by atoms with Crippen LogP contribution < -0.4 is 0 Å². The van der Waals surface area contributed by atoms with E-state index < -0.39 is 12.1 Å². The summed E-state index contributed by atoms with van der Waals surface area (Å²) in [6.45, 7) is 0. The van der Waals surface area contributed by atoms with Crippen LogP contribution in [-0.4, -0.2) is 17.2 Å². The average molecular weight is 160 g/mol. The highest BCUT2D eigenvalue weighted by Gasteiger charge is 2.26. The van der Waals surface area contributed by atoms with E-state index in [1.807, 2.05) is 0 Å². The van der Waals surface area contributed by atoms with Gasteiger partial charge in [0.2, 0.25) is 0 Å². The van der Waals surface area contributed by atoms with Gasteiger partial charge in [-0.15, -0.1) is 0 Å².